The zero-order chi connectivity index (χ0) is 55.4. The molecule has 0 aliphatic carbocycles. The van der Waals surface area contributed by atoms with Crippen LogP contribution in [0.1, 0.15) is 82.9 Å². The van der Waals surface area contributed by atoms with Gasteiger partial charge in [0.25, 0.3) is 47.3 Å². The molecule has 4 aliphatic heterocycles. The maximum Gasteiger partial charge on any atom is 0.332 e. The van der Waals surface area contributed by atoms with E-state index in [1.54, 1.807) is 121 Å². The van der Waals surface area contributed by atoms with E-state index in [1.165, 1.54) is 24.3 Å². The molecule has 386 valence electrons. The molecule has 0 bridgehead atoms. The first-order valence-electron chi connectivity index (χ1n) is 25.6. The molecule has 0 spiro atoms. The fraction of sp³-hybridized carbons (Fsp3) is 0. The number of benzene rings is 10. The van der Waals surface area contributed by atoms with Gasteiger partial charge in [-0.25, -0.2) is 9.80 Å². The van der Waals surface area contributed by atoms with Crippen LogP contribution in [0.25, 0.3) is 77.5 Å². The van der Waals surface area contributed by atoms with Crippen molar-refractivity contribution >= 4 is 103 Å². The molecule has 82 heavy (non-hydrogen) atoms. The van der Waals surface area contributed by atoms with Crippen molar-refractivity contribution < 1.29 is 47.2 Å². The molecule has 10 aromatic carbocycles. The summed E-state index contributed by atoms with van der Waals surface area (Å²) in [6.45, 7) is 0. The maximum absolute atomic E-state index is 14.9. The Hall–Kier alpha value is -11.9. The van der Waals surface area contributed by atoms with Crippen molar-refractivity contribution in [2.24, 2.45) is 0 Å². The van der Waals surface area contributed by atoms with Gasteiger partial charge in [0.15, 0.2) is 0 Å². The summed E-state index contributed by atoms with van der Waals surface area (Å²) < 4.78 is 11.6. The lowest BCUT2D eigenvalue weighted by Crippen LogP contribution is -2.30. The smallest absolute Gasteiger partial charge is 0.332 e. The monoisotopic (exact) mass is 1070 g/mol. The Kier molecular flexibility index (Phi) is 9.46. The number of nitrogens with zero attached hydrogens (tertiary/aromatic N) is 8. The van der Waals surface area contributed by atoms with E-state index in [4.69, 9.17) is 8.83 Å². The lowest BCUT2D eigenvalue weighted by Gasteiger charge is -2.22. The third-order valence-electron chi connectivity index (χ3n) is 15.6. The Morgan fingerprint density at radius 1 is 0.280 bits per heavy atom. The van der Waals surface area contributed by atoms with Gasteiger partial charge in [-0.2, -0.15) is 9.80 Å². The van der Waals surface area contributed by atoms with Crippen LogP contribution in [-0.4, -0.2) is 67.7 Å². The van der Waals surface area contributed by atoms with Crippen molar-refractivity contribution in [1.82, 2.24) is 20.4 Å². The third-order valence-corrected chi connectivity index (χ3v) is 15.6. The molecule has 12 aromatic rings. The van der Waals surface area contributed by atoms with Crippen LogP contribution in [0.5, 0.6) is 0 Å². The second kappa shape index (κ2) is 16.8. The second-order valence-electron chi connectivity index (χ2n) is 19.9. The van der Waals surface area contributed by atoms with Gasteiger partial charge in [0.2, 0.25) is 11.8 Å². The fourth-order valence-corrected chi connectivity index (χ4v) is 11.8. The molecule has 0 fully saturated rings. The number of fused-ring (bicyclic) bond motifs is 4. The summed E-state index contributed by atoms with van der Waals surface area (Å²) in [5.74, 6) is -4.86. The summed E-state index contributed by atoms with van der Waals surface area (Å²) in [5, 5.41) is 20.0. The van der Waals surface area contributed by atoms with E-state index in [0.717, 1.165) is 30.4 Å². The van der Waals surface area contributed by atoms with E-state index in [2.05, 4.69) is 20.4 Å². The number of carbonyl (C=O) groups is 8. The Balaban J connectivity index is 0.721. The van der Waals surface area contributed by atoms with Crippen LogP contribution < -0.4 is 19.6 Å². The Morgan fingerprint density at radius 2 is 0.659 bits per heavy atom. The standard InChI is InChI=1S/C64H30N8O10/c73-55-39-23-19-35(29-45(39)59(77)71(55)63-67-65-53(81-63)33-9-3-1-4-10-33)37-13-7-15-43-51(37)61(79)69(57(43)75)47-27-21-31-18-26-42-48(28-22-32-17-25-41(47)49(31)50(32)42)70-58(76)44-16-8-14-38(52(44)62(70)80)36-20-24-40-46(30-36)60(78)72(56(40)74)64-68-66-54(82-64)34-11-5-2-6-12-34/h1-30H. The van der Waals surface area contributed by atoms with Gasteiger partial charge in [-0.1, -0.05) is 119 Å². The average molecular weight is 1070 g/mol. The molecule has 6 heterocycles. The number of amides is 8. The second-order valence-corrected chi connectivity index (χ2v) is 19.9. The van der Waals surface area contributed by atoms with E-state index >= 15 is 0 Å². The summed E-state index contributed by atoms with van der Waals surface area (Å²) in [5.41, 5.74) is 4.08. The molecule has 18 nitrogen and oxygen atoms in total. The van der Waals surface area contributed by atoms with Gasteiger partial charge in [0, 0.05) is 21.9 Å². The number of hydrogen-bond donors (Lipinski definition) is 0. The van der Waals surface area contributed by atoms with Gasteiger partial charge < -0.3 is 8.83 Å². The molecule has 8 amide bonds. The first-order valence-corrected chi connectivity index (χ1v) is 25.6. The average Bonchev–Trinajstić information content (AvgIpc) is 2.45. The summed E-state index contributed by atoms with van der Waals surface area (Å²) in [6.07, 6.45) is 0. The highest BCUT2D eigenvalue weighted by Gasteiger charge is 2.45. The zero-order valence-corrected chi connectivity index (χ0v) is 42.0. The largest absolute Gasteiger partial charge is 0.403 e. The number of imide groups is 4. The van der Waals surface area contributed by atoms with Crippen LogP contribution in [-0.2, 0) is 0 Å². The predicted molar refractivity (Wildman–Crippen MR) is 298 cm³/mol. The lowest BCUT2D eigenvalue weighted by atomic mass is 9.92. The Bertz CT molecular complexity index is 4660. The zero-order valence-electron chi connectivity index (χ0n) is 42.0. The highest BCUT2D eigenvalue weighted by Crippen LogP contribution is 2.47. The molecule has 2 aromatic heterocycles. The molecular weight excluding hydrogens is 1040 g/mol. The van der Waals surface area contributed by atoms with E-state index in [1.807, 2.05) is 36.4 Å². The number of rotatable bonds is 8. The van der Waals surface area contributed by atoms with Gasteiger partial charge in [-0.05, 0) is 117 Å². The molecule has 0 saturated heterocycles. The molecule has 0 unspecified atom stereocenters. The van der Waals surface area contributed by atoms with Gasteiger partial charge in [0.05, 0.1) is 55.9 Å². The van der Waals surface area contributed by atoms with E-state index < -0.39 is 47.3 Å². The Labute approximate surface area is 460 Å². The fourth-order valence-electron chi connectivity index (χ4n) is 11.8. The molecule has 0 atom stereocenters. The topological polar surface area (TPSA) is 227 Å². The SMILES string of the molecule is O=C1c2ccc(-c3cccc4c3C(=O)N(c3ccc5ccc6c(N7C(=O)c8cccc(-c9ccc%10c(c9)C(=O)N(c9nnc(-c%11ccccc%11)o9)C%10=O)c8C7=O)ccc7ccc3c5c76)C4=O)cc2C(=O)N1c1nnc(-c2ccccc2)o1. The molecular formula is C64H30N8O10. The number of anilines is 4. The van der Waals surface area contributed by atoms with Crippen molar-refractivity contribution in [2.45, 2.75) is 0 Å². The van der Waals surface area contributed by atoms with Crippen LogP contribution in [0.4, 0.5) is 23.4 Å². The normalized spacial score (nSPS) is 14.7. The minimum atomic E-state index is -0.700. The molecule has 4 aliphatic rings. The lowest BCUT2D eigenvalue weighted by molar-refractivity contribution is 0.0902. The highest BCUT2D eigenvalue weighted by atomic mass is 16.4. The molecule has 16 rings (SSSR count). The summed E-state index contributed by atoms with van der Waals surface area (Å²) >= 11 is 0. The van der Waals surface area contributed by atoms with Gasteiger partial charge in [-0.3, -0.25) is 38.4 Å². The number of aromatic nitrogens is 4. The van der Waals surface area contributed by atoms with E-state index in [0.29, 0.717) is 66.3 Å². The quantitative estimate of drug-likeness (QED) is 0.102. The summed E-state index contributed by atoms with van der Waals surface area (Å²) in [4.78, 5) is 118. The Morgan fingerprint density at radius 3 is 1.09 bits per heavy atom. The number of hydrogen-bond acceptors (Lipinski definition) is 14. The van der Waals surface area contributed by atoms with Crippen molar-refractivity contribution in [3.05, 3.63) is 226 Å². The summed E-state index contributed by atoms with van der Waals surface area (Å²) in [6, 6.07) is 50.6. The minimum absolute atomic E-state index is 0.0461. The van der Waals surface area contributed by atoms with Crippen molar-refractivity contribution in [1.29, 1.82) is 0 Å². The van der Waals surface area contributed by atoms with Crippen LogP contribution in [0.15, 0.2) is 191 Å². The first-order chi connectivity index (χ1) is 40.0. The van der Waals surface area contributed by atoms with Gasteiger partial charge in [-0.15, -0.1) is 10.2 Å². The van der Waals surface area contributed by atoms with E-state index in [9.17, 15) is 38.4 Å². The van der Waals surface area contributed by atoms with Gasteiger partial charge in [0.1, 0.15) is 0 Å². The highest BCUT2D eigenvalue weighted by molar-refractivity contribution is 6.42. The van der Waals surface area contributed by atoms with Crippen molar-refractivity contribution in [2.75, 3.05) is 19.6 Å². The molecule has 0 radical (unpaired) electrons. The molecule has 0 N–H and O–H groups in total. The van der Waals surface area contributed by atoms with Crippen LogP contribution in [0, 0.1) is 0 Å². The van der Waals surface area contributed by atoms with Crippen LogP contribution in [0.3, 0.4) is 0 Å². The number of carbonyl (C=O) groups excluding carboxylic acids is 8. The minimum Gasteiger partial charge on any atom is -0.403 e. The van der Waals surface area contributed by atoms with Crippen LogP contribution >= 0.6 is 0 Å². The third kappa shape index (κ3) is 6.32. The summed E-state index contributed by atoms with van der Waals surface area (Å²) in [7, 11) is 0. The van der Waals surface area contributed by atoms with Crippen molar-refractivity contribution in [3.8, 4) is 45.2 Å². The van der Waals surface area contributed by atoms with Crippen LogP contribution in [0.2, 0.25) is 0 Å². The molecule has 0 saturated carbocycles. The van der Waals surface area contributed by atoms with E-state index in [-0.39, 0.29) is 68.3 Å². The molecule has 18 heteroatoms. The predicted octanol–water partition coefficient (Wildman–Crippen LogP) is 11.2. The first kappa shape index (κ1) is 46.2. The maximum atomic E-state index is 14.9. The van der Waals surface area contributed by atoms with Gasteiger partial charge >= 0.3 is 12.0 Å². The van der Waals surface area contributed by atoms with Crippen molar-refractivity contribution in [3.63, 3.8) is 0 Å².